The van der Waals surface area contributed by atoms with E-state index in [0.717, 1.165) is 16.9 Å². The van der Waals surface area contributed by atoms with Crippen LogP contribution in [-0.4, -0.2) is 19.7 Å². The SMILES string of the molecule is COc1ccc(CCOc2ccccc2C2CC(=O)Oc3cc(C)oc(=O)c32)cc1. The Morgan fingerprint density at radius 2 is 1.83 bits per heavy atom. The van der Waals surface area contributed by atoms with Crippen LogP contribution in [0.4, 0.5) is 0 Å². The lowest BCUT2D eigenvalue weighted by Crippen LogP contribution is -2.27. The fourth-order valence-corrected chi connectivity index (χ4v) is 3.66. The summed E-state index contributed by atoms with van der Waals surface area (Å²) in [5, 5.41) is 0. The van der Waals surface area contributed by atoms with Gasteiger partial charge < -0.3 is 18.6 Å². The Balaban J connectivity index is 1.58. The van der Waals surface area contributed by atoms with E-state index in [0.29, 0.717) is 30.1 Å². The molecule has 154 valence electrons. The van der Waals surface area contributed by atoms with Crippen molar-refractivity contribution in [3.05, 3.63) is 87.5 Å². The third-order valence-corrected chi connectivity index (χ3v) is 5.12. The molecule has 1 aliphatic rings. The maximum Gasteiger partial charge on any atom is 0.343 e. The Labute approximate surface area is 174 Å². The van der Waals surface area contributed by atoms with E-state index in [9.17, 15) is 9.59 Å². The fraction of sp³-hybridized carbons (Fsp3) is 0.250. The van der Waals surface area contributed by atoms with Crippen LogP contribution in [0.5, 0.6) is 17.2 Å². The van der Waals surface area contributed by atoms with Crippen LogP contribution in [0.3, 0.4) is 0 Å². The normalized spacial score (nSPS) is 15.3. The molecule has 0 saturated carbocycles. The Bertz CT molecular complexity index is 1110. The number of para-hydroxylation sites is 1. The second kappa shape index (κ2) is 8.45. The molecule has 2 heterocycles. The molecule has 1 aromatic heterocycles. The second-order valence-electron chi connectivity index (χ2n) is 7.14. The summed E-state index contributed by atoms with van der Waals surface area (Å²) in [6.07, 6.45) is 0.766. The van der Waals surface area contributed by atoms with Crippen molar-refractivity contribution in [2.75, 3.05) is 13.7 Å². The summed E-state index contributed by atoms with van der Waals surface area (Å²) >= 11 is 0. The smallest absolute Gasteiger partial charge is 0.343 e. The average Bonchev–Trinajstić information content (AvgIpc) is 2.73. The minimum Gasteiger partial charge on any atom is -0.497 e. The lowest BCUT2D eigenvalue weighted by atomic mass is 9.87. The molecule has 0 bridgehead atoms. The zero-order chi connectivity index (χ0) is 21.1. The third-order valence-electron chi connectivity index (χ3n) is 5.12. The van der Waals surface area contributed by atoms with E-state index >= 15 is 0 Å². The van der Waals surface area contributed by atoms with Crippen LogP contribution in [0, 0.1) is 6.92 Å². The predicted octanol–water partition coefficient (Wildman–Crippen LogP) is 4.02. The van der Waals surface area contributed by atoms with Gasteiger partial charge in [0, 0.05) is 24.0 Å². The first kappa shape index (κ1) is 19.8. The van der Waals surface area contributed by atoms with E-state index in [2.05, 4.69) is 0 Å². The summed E-state index contributed by atoms with van der Waals surface area (Å²) in [5.41, 5.74) is 1.75. The molecule has 0 N–H and O–H groups in total. The minimum atomic E-state index is -0.490. The van der Waals surface area contributed by atoms with Gasteiger partial charge in [-0.3, -0.25) is 4.79 Å². The lowest BCUT2D eigenvalue weighted by molar-refractivity contribution is -0.135. The average molecular weight is 406 g/mol. The van der Waals surface area contributed by atoms with Gasteiger partial charge >= 0.3 is 11.6 Å². The first-order chi connectivity index (χ1) is 14.5. The van der Waals surface area contributed by atoms with Gasteiger partial charge in [0.1, 0.15) is 23.0 Å². The predicted molar refractivity (Wildman–Crippen MR) is 110 cm³/mol. The van der Waals surface area contributed by atoms with Crippen LogP contribution < -0.4 is 19.8 Å². The molecule has 3 aromatic rings. The van der Waals surface area contributed by atoms with Crippen LogP contribution >= 0.6 is 0 Å². The number of carbonyl (C=O) groups excluding carboxylic acids is 1. The van der Waals surface area contributed by atoms with Gasteiger partial charge in [0.25, 0.3) is 0 Å². The zero-order valence-corrected chi connectivity index (χ0v) is 16.8. The number of esters is 1. The Kier molecular flexibility index (Phi) is 5.57. The van der Waals surface area contributed by atoms with Crippen LogP contribution in [0.2, 0.25) is 0 Å². The molecule has 1 atom stereocenters. The van der Waals surface area contributed by atoms with Crippen LogP contribution in [0.25, 0.3) is 0 Å². The minimum absolute atomic E-state index is 0.0552. The summed E-state index contributed by atoms with van der Waals surface area (Å²) < 4.78 is 21.8. The maximum atomic E-state index is 12.5. The number of aryl methyl sites for hydroxylation is 1. The highest BCUT2D eigenvalue weighted by atomic mass is 16.5. The topological polar surface area (TPSA) is 75.0 Å². The molecule has 0 spiro atoms. The number of ether oxygens (including phenoxy) is 3. The van der Waals surface area contributed by atoms with Crippen molar-refractivity contribution in [3.8, 4) is 17.2 Å². The summed E-state index contributed by atoms with van der Waals surface area (Å²) in [7, 11) is 1.64. The van der Waals surface area contributed by atoms with Gasteiger partial charge in [-0.1, -0.05) is 30.3 Å². The number of hydrogen-bond acceptors (Lipinski definition) is 6. The molecule has 1 aliphatic heterocycles. The van der Waals surface area contributed by atoms with Crippen molar-refractivity contribution in [1.29, 1.82) is 0 Å². The first-order valence-corrected chi connectivity index (χ1v) is 9.75. The molecule has 2 aromatic carbocycles. The van der Waals surface area contributed by atoms with Crippen molar-refractivity contribution >= 4 is 5.97 Å². The third kappa shape index (κ3) is 4.08. The maximum absolute atomic E-state index is 12.5. The number of carbonyl (C=O) groups is 1. The molecule has 0 saturated heterocycles. The quantitative estimate of drug-likeness (QED) is 0.576. The van der Waals surface area contributed by atoms with E-state index in [4.69, 9.17) is 18.6 Å². The van der Waals surface area contributed by atoms with Crippen LogP contribution in [0.1, 0.15) is 34.8 Å². The second-order valence-corrected chi connectivity index (χ2v) is 7.14. The number of hydrogen-bond donors (Lipinski definition) is 0. The van der Waals surface area contributed by atoms with Gasteiger partial charge in [0.15, 0.2) is 0 Å². The van der Waals surface area contributed by atoms with E-state index in [1.165, 1.54) is 0 Å². The summed E-state index contributed by atoms with van der Waals surface area (Å²) in [6, 6.07) is 16.8. The summed E-state index contributed by atoms with van der Waals surface area (Å²) in [4.78, 5) is 24.7. The highest BCUT2D eigenvalue weighted by Gasteiger charge is 2.33. The Morgan fingerprint density at radius 3 is 2.60 bits per heavy atom. The highest BCUT2D eigenvalue weighted by molar-refractivity contribution is 5.77. The Hall–Kier alpha value is -3.54. The van der Waals surface area contributed by atoms with E-state index in [-0.39, 0.29) is 18.1 Å². The Morgan fingerprint density at radius 1 is 1.07 bits per heavy atom. The van der Waals surface area contributed by atoms with E-state index in [1.54, 1.807) is 20.1 Å². The van der Waals surface area contributed by atoms with Gasteiger partial charge in [-0.2, -0.15) is 0 Å². The van der Waals surface area contributed by atoms with Gasteiger partial charge in [-0.15, -0.1) is 0 Å². The van der Waals surface area contributed by atoms with Gasteiger partial charge in [-0.25, -0.2) is 4.79 Å². The zero-order valence-electron chi connectivity index (χ0n) is 16.8. The molecule has 0 radical (unpaired) electrons. The molecule has 6 heteroatoms. The lowest BCUT2D eigenvalue weighted by Gasteiger charge is -2.25. The number of fused-ring (bicyclic) bond motifs is 1. The summed E-state index contributed by atoms with van der Waals surface area (Å²) in [5.74, 6) is 1.24. The molecule has 0 fully saturated rings. The molecular formula is C24H22O6. The van der Waals surface area contributed by atoms with Crippen molar-refractivity contribution in [2.45, 2.75) is 25.7 Å². The number of benzene rings is 2. The monoisotopic (exact) mass is 406 g/mol. The molecular weight excluding hydrogens is 384 g/mol. The van der Waals surface area contributed by atoms with E-state index in [1.807, 2.05) is 48.5 Å². The van der Waals surface area contributed by atoms with Crippen LogP contribution in [-0.2, 0) is 11.2 Å². The molecule has 4 rings (SSSR count). The van der Waals surface area contributed by atoms with Crippen molar-refractivity contribution < 1.29 is 23.4 Å². The first-order valence-electron chi connectivity index (χ1n) is 9.75. The molecule has 0 amide bonds. The van der Waals surface area contributed by atoms with Crippen molar-refractivity contribution in [2.24, 2.45) is 0 Å². The molecule has 0 aliphatic carbocycles. The van der Waals surface area contributed by atoms with E-state index < -0.39 is 11.5 Å². The number of rotatable bonds is 6. The highest BCUT2D eigenvalue weighted by Crippen LogP contribution is 2.40. The largest absolute Gasteiger partial charge is 0.497 e. The molecule has 1 unspecified atom stereocenters. The van der Waals surface area contributed by atoms with Gasteiger partial charge in [-0.05, 0) is 30.7 Å². The number of methoxy groups -OCH3 is 1. The van der Waals surface area contributed by atoms with Gasteiger partial charge in [0.05, 0.1) is 25.7 Å². The van der Waals surface area contributed by atoms with Crippen molar-refractivity contribution in [3.63, 3.8) is 0 Å². The molecule has 6 nitrogen and oxygen atoms in total. The molecule has 30 heavy (non-hydrogen) atoms. The summed E-state index contributed by atoms with van der Waals surface area (Å²) in [6.45, 7) is 2.10. The van der Waals surface area contributed by atoms with Gasteiger partial charge in [0.2, 0.25) is 0 Å². The fourth-order valence-electron chi connectivity index (χ4n) is 3.66. The van der Waals surface area contributed by atoms with Crippen molar-refractivity contribution in [1.82, 2.24) is 0 Å². The standard InChI is InChI=1S/C24H22O6/c1-15-13-21-23(24(26)29-15)19(14-22(25)30-21)18-5-3-4-6-20(18)28-12-11-16-7-9-17(27-2)10-8-16/h3-10,13,19H,11-12,14H2,1-2H3. The van der Waals surface area contributed by atoms with Crippen LogP contribution in [0.15, 0.2) is 63.8 Å².